The van der Waals surface area contributed by atoms with E-state index in [1.54, 1.807) is 0 Å². The number of anilines is 1. The van der Waals surface area contributed by atoms with Crippen LogP contribution in [-0.4, -0.2) is 15.2 Å². The molecule has 14 heavy (non-hydrogen) atoms. The van der Waals surface area contributed by atoms with E-state index in [2.05, 4.69) is 15.2 Å². The van der Waals surface area contributed by atoms with Gasteiger partial charge in [-0.1, -0.05) is 23.7 Å². The highest BCUT2D eigenvalue weighted by Gasteiger charge is 2.10. The molecule has 1 aromatic heterocycles. The van der Waals surface area contributed by atoms with Crippen molar-refractivity contribution in [3.63, 3.8) is 0 Å². The van der Waals surface area contributed by atoms with Gasteiger partial charge in [-0.05, 0) is 18.6 Å². The number of hydrogen-bond donors (Lipinski definition) is 2. The van der Waals surface area contributed by atoms with E-state index in [4.69, 9.17) is 17.3 Å². The van der Waals surface area contributed by atoms with Crippen molar-refractivity contribution in [2.75, 3.05) is 5.73 Å². The Morgan fingerprint density at radius 2 is 2.21 bits per heavy atom. The van der Waals surface area contributed by atoms with Crippen molar-refractivity contribution in [3.8, 4) is 11.4 Å². The van der Waals surface area contributed by atoms with Gasteiger partial charge in [-0.15, -0.1) is 5.10 Å². The lowest BCUT2D eigenvalue weighted by atomic mass is 10.1. The van der Waals surface area contributed by atoms with Crippen LogP contribution in [0.2, 0.25) is 5.02 Å². The number of benzene rings is 1. The molecule has 0 unspecified atom stereocenters. The summed E-state index contributed by atoms with van der Waals surface area (Å²) in [5.41, 5.74) is 7.30. The van der Waals surface area contributed by atoms with E-state index in [-0.39, 0.29) is 5.95 Å². The van der Waals surface area contributed by atoms with E-state index in [9.17, 15) is 0 Å². The smallest absolute Gasteiger partial charge is 0.239 e. The Balaban J connectivity index is 2.61. The topological polar surface area (TPSA) is 67.6 Å². The maximum absolute atomic E-state index is 6.04. The van der Waals surface area contributed by atoms with Crippen molar-refractivity contribution in [2.45, 2.75) is 6.92 Å². The average molecular weight is 209 g/mol. The highest BCUT2D eigenvalue weighted by Crippen LogP contribution is 2.28. The molecule has 0 aliphatic carbocycles. The molecule has 0 saturated heterocycles. The van der Waals surface area contributed by atoms with Crippen molar-refractivity contribution in [3.05, 3.63) is 28.8 Å². The van der Waals surface area contributed by atoms with Crippen LogP contribution in [0.4, 0.5) is 5.95 Å². The fraction of sp³-hybridized carbons (Fsp3) is 0.111. The normalized spacial score (nSPS) is 10.4. The van der Waals surface area contributed by atoms with Crippen molar-refractivity contribution >= 4 is 17.5 Å². The largest absolute Gasteiger partial charge is 0.366 e. The Kier molecular flexibility index (Phi) is 2.13. The molecule has 0 spiro atoms. The SMILES string of the molecule is Cc1cccc(Cl)c1-c1nc(N)n[nH]1. The first-order valence-electron chi connectivity index (χ1n) is 4.12. The molecule has 4 nitrogen and oxygen atoms in total. The second-order valence-electron chi connectivity index (χ2n) is 2.97. The molecular weight excluding hydrogens is 200 g/mol. The summed E-state index contributed by atoms with van der Waals surface area (Å²) in [7, 11) is 0. The van der Waals surface area contributed by atoms with Gasteiger partial charge < -0.3 is 5.73 Å². The molecule has 72 valence electrons. The number of nitrogen functional groups attached to an aromatic ring is 1. The Hall–Kier alpha value is -1.55. The van der Waals surface area contributed by atoms with E-state index < -0.39 is 0 Å². The zero-order valence-electron chi connectivity index (χ0n) is 7.58. The van der Waals surface area contributed by atoms with Crippen LogP contribution in [0.1, 0.15) is 5.56 Å². The predicted octanol–water partition coefficient (Wildman–Crippen LogP) is 2.02. The molecule has 0 saturated carbocycles. The molecule has 0 bridgehead atoms. The van der Waals surface area contributed by atoms with E-state index in [1.165, 1.54) is 0 Å². The quantitative estimate of drug-likeness (QED) is 0.754. The molecule has 0 fully saturated rings. The molecule has 0 aliphatic rings. The highest BCUT2D eigenvalue weighted by atomic mass is 35.5. The molecule has 0 radical (unpaired) electrons. The molecular formula is C9H9ClN4. The maximum atomic E-state index is 6.04. The van der Waals surface area contributed by atoms with Crippen LogP contribution in [0.5, 0.6) is 0 Å². The number of aryl methyl sites for hydroxylation is 1. The van der Waals surface area contributed by atoms with Gasteiger partial charge in [-0.3, -0.25) is 5.10 Å². The molecule has 2 rings (SSSR count). The monoisotopic (exact) mass is 208 g/mol. The number of H-pyrrole nitrogens is 1. The lowest BCUT2D eigenvalue weighted by Gasteiger charge is -2.03. The molecule has 1 heterocycles. The standard InChI is InChI=1S/C9H9ClN4/c1-5-3-2-4-6(10)7(5)8-12-9(11)14-13-8/h2-4H,1H3,(H3,11,12,13,14). The Morgan fingerprint density at radius 1 is 1.43 bits per heavy atom. The summed E-state index contributed by atoms with van der Waals surface area (Å²) in [5.74, 6) is 0.824. The number of aromatic amines is 1. The first-order chi connectivity index (χ1) is 6.68. The van der Waals surface area contributed by atoms with Gasteiger partial charge in [-0.2, -0.15) is 4.98 Å². The van der Waals surface area contributed by atoms with Crippen molar-refractivity contribution in [2.24, 2.45) is 0 Å². The van der Waals surface area contributed by atoms with Gasteiger partial charge in [-0.25, -0.2) is 0 Å². The second-order valence-corrected chi connectivity index (χ2v) is 3.38. The van der Waals surface area contributed by atoms with Crippen molar-refractivity contribution in [1.29, 1.82) is 0 Å². The van der Waals surface area contributed by atoms with Crippen LogP contribution in [0.25, 0.3) is 11.4 Å². The zero-order chi connectivity index (χ0) is 10.1. The second kappa shape index (κ2) is 3.31. The highest BCUT2D eigenvalue weighted by molar-refractivity contribution is 6.33. The maximum Gasteiger partial charge on any atom is 0.239 e. The number of hydrogen-bond acceptors (Lipinski definition) is 3. The summed E-state index contributed by atoms with van der Waals surface area (Å²) in [5, 5.41) is 7.13. The van der Waals surface area contributed by atoms with Crippen molar-refractivity contribution < 1.29 is 0 Å². The lowest BCUT2D eigenvalue weighted by Crippen LogP contribution is -1.88. The van der Waals surface area contributed by atoms with Gasteiger partial charge in [0.15, 0.2) is 5.82 Å². The third-order valence-electron chi connectivity index (χ3n) is 1.96. The summed E-state index contributed by atoms with van der Waals surface area (Å²) >= 11 is 6.04. The van der Waals surface area contributed by atoms with Crippen LogP contribution < -0.4 is 5.73 Å². The zero-order valence-corrected chi connectivity index (χ0v) is 8.34. The van der Waals surface area contributed by atoms with Crippen LogP contribution >= 0.6 is 11.6 Å². The lowest BCUT2D eigenvalue weighted by molar-refractivity contribution is 1.10. The van der Waals surface area contributed by atoms with Gasteiger partial charge in [0.05, 0.1) is 5.02 Å². The number of aromatic nitrogens is 3. The Morgan fingerprint density at radius 3 is 2.79 bits per heavy atom. The number of rotatable bonds is 1. The summed E-state index contributed by atoms with van der Waals surface area (Å²) in [6.45, 7) is 1.96. The number of nitrogens with zero attached hydrogens (tertiary/aromatic N) is 2. The van der Waals surface area contributed by atoms with E-state index in [1.807, 2.05) is 25.1 Å². The van der Waals surface area contributed by atoms with Gasteiger partial charge in [0.25, 0.3) is 0 Å². The summed E-state index contributed by atoms with van der Waals surface area (Å²) < 4.78 is 0. The Labute approximate surface area is 86.1 Å². The first kappa shape index (κ1) is 9.02. The van der Waals surface area contributed by atoms with Gasteiger partial charge >= 0.3 is 0 Å². The molecule has 0 amide bonds. The molecule has 5 heteroatoms. The predicted molar refractivity (Wildman–Crippen MR) is 56.0 cm³/mol. The molecule has 2 aromatic rings. The Bertz CT molecular complexity index is 443. The number of nitrogens with two attached hydrogens (primary N) is 1. The summed E-state index contributed by atoms with van der Waals surface area (Å²) in [6.07, 6.45) is 0. The third kappa shape index (κ3) is 1.44. The summed E-state index contributed by atoms with van der Waals surface area (Å²) in [4.78, 5) is 4.03. The van der Waals surface area contributed by atoms with Crippen LogP contribution in [-0.2, 0) is 0 Å². The minimum atomic E-state index is 0.222. The fourth-order valence-corrected chi connectivity index (χ4v) is 1.63. The van der Waals surface area contributed by atoms with Crippen LogP contribution in [0.3, 0.4) is 0 Å². The molecule has 0 aliphatic heterocycles. The molecule has 3 N–H and O–H groups in total. The number of halogens is 1. The minimum Gasteiger partial charge on any atom is -0.366 e. The van der Waals surface area contributed by atoms with Crippen LogP contribution in [0, 0.1) is 6.92 Å². The third-order valence-corrected chi connectivity index (χ3v) is 2.28. The average Bonchev–Trinajstić information content (AvgIpc) is 2.51. The van der Waals surface area contributed by atoms with Crippen LogP contribution in [0.15, 0.2) is 18.2 Å². The van der Waals surface area contributed by atoms with E-state index >= 15 is 0 Å². The fourth-order valence-electron chi connectivity index (χ4n) is 1.32. The molecule has 1 aromatic carbocycles. The first-order valence-corrected chi connectivity index (χ1v) is 4.49. The van der Waals surface area contributed by atoms with E-state index in [0.29, 0.717) is 10.8 Å². The van der Waals surface area contributed by atoms with Crippen molar-refractivity contribution in [1.82, 2.24) is 15.2 Å². The number of nitrogens with one attached hydrogen (secondary N) is 1. The molecule has 0 atom stereocenters. The van der Waals surface area contributed by atoms with E-state index in [0.717, 1.165) is 11.1 Å². The van der Waals surface area contributed by atoms with Gasteiger partial charge in [0.2, 0.25) is 5.95 Å². The van der Waals surface area contributed by atoms with Gasteiger partial charge in [0, 0.05) is 5.56 Å². The summed E-state index contributed by atoms with van der Waals surface area (Å²) in [6, 6.07) is 5.66. The van der Waals surface area contributed by atoms with Gasteiger partial charge in [0.1, 0.15) is 0 Å². The minimum absolute atomic E-state index is 0.222.